The van der Waals surface area contributed by atoms with Crippen molar-refractivity contribution in [1.82, 2.24) is 10.2 Å². The molecule has 1 fully saturated rings. The van der Waals surface area contributed by atoms with Crippen LogP contribution < -0.4 is 10.6 Å². The van der Waals surface area contributed by atoms with Crippen LogP contribution in [0, 0.1) is 0 Å². The SMILES string of the molecule is O=C(CN1C(=O)NC2(C1=O)c1ccccc1-c1ccccc12)Nc1ccc(Cl)cc1. The van der Waals surface area contributed by atoms with Gasteiger partial charge in [0.1, 0.15) is 6.54 Å². The number of fused-ring (bicyclic) bond motifs is 5. The molecule has 4 amide bonds. The molecule has 0 saturated carbocycles. The molecule has 1 spiro atoms. The quantitative estimate of drug-likeness (QED) is 0.637. The topological polar surface area (TPSA) is 78.5 Å². The van der Waals surface area contributed by atoms with Gasteiger partial charge in [0.05, 0.1) is 0 Å². The number of urea groups is 1. The highest BCUT2D eigenvalue weighted by Crippen LogP contribution is 2.49. The summed E-state index contributed by atoms with van der Waals surface area (Å²) in [5, 5.41) is 6.09. The summed E-state index contributed by atoms with van der Waals surface area (Å²) in [7, 11) is 0. The molecule has 3 aromatic carbocycles. The summed E-state index contributed by atoms with van der Waals surface area (Å²) < 4.78 is 0. The lowest BCUT2D eigenvalue weighted by molar-refractivity contribution is -0.132. The predicted molar refractivity (Wildman–Crippen MR) is 113 cm³/mol. The van der Waals surface area contributed by atoms with Gasteiger partial charge < -0.3 is 10.6 Å². The standard InChI is InChI=1S/C23H16ClN3O3/c24-14-9-11-15(12-10-14)25-20(28)13-27-21(29)23(26-22(27)30)18-7-3-1-5-16(18)17-6-2-4-8-19(17)23/h1-12H,13H2,(H,25,28)(H,26,30). The van der Waals surface area contributed by atoms with E-state index in [-0.39, 0.29) is 6.54 Å². The number of hydrogen-bond donors (Lipinski definition) is 2. The fourth-order valence-electron chi connectivity index (χ4n) is 4.20. The Kier molecular flexibility index (Phi) is 4.11. The Labute approximate surface area is 177 Å². The zero-order valence-electron chi connectivity index (χ0n) is 15.7. The molecule has 2 N–H and O–H groups in total. The minimum absolute atomic E-state index is 0.390. The van der Waals surface area contributed by atoms with Gasteiger partial charge in [-0.15, -0.1) is 0 Å². The third-order valence-corrected chi connectivity index (χ3v) is 5.74. The number of benzene rings is 3. The van der Waals surface area contributed by atoms with E-state index in [1.165, 1.54) is 0 Å². The summed E-state index contributed by atoms with van der Waals surface area (Å²) >= 11 is 5.86. The van der Waals surface area contributed by atoms with Crippen molar-refractivity contribution < 1.29 is 14.4 Å². The van der Waals surface area contributed by atoms with Crippen LogP contribution in [0.1, 0.15) is 11.1 Å². The van der Waals surface area contributed by atoms with Crippen LogP contribution in [-0.2, 0) is 15.1 Å². The van der Waals surface area contributed by atoms with Gasteiger partial charge in [-0.3, -0.25) is 14.5 Å². The number of anilines is 1. The van der Waals surface area contributed by atoms with Crippen molar-refractivity contribution in [3.05, 3.63) is 88.9 Å². The Hall–Kier alpha value is -3.64. The largest absolute Gasteiger partial charge is 0.326 e. The van der Waals surface area contributed by atoms with E-state index in [9.17, 15) is 14.4 Å². The Bertz CT molecular complexity index is 1160. The highest BCUT2D eigenvalue weighted by molar-refractivity contribution is 6.30. The van der Waals surface area contributed by atoms with Crippen LogP contribution in [-0.4, -0.2) is 29.3 Å². The molecule has 7 heteroatoms. The second-order valence-electron chi connectivity index (χ2n) is 7.22. The van der Waals surface area contributed by atoms with E-state index in [0.29, 0.717) is 21.8 Å². The van der Waals surface area contributed by atoms with Crippen LogP contribution in [0.2, 0.25) is 5.02 Å². The molecule has 0 radical (unpaired) electrons. The van der Waals surface area contributed by atoms with Crippen molar-refractivity contribution in [2.45, 2.75) is 5.54 Å². The average molecular weight is 418 g/mol. The van der Waals surface area contributed by atoms with Crippen LogP contribution >= 0.6 is 11.6 Å². The zero-order valence-corrected chi connectivity index (χ0v) is 16.4. The molecule has 1 aliphatic heterocycles. The van der Waals surface area contributed by atoms with Gasteiger partial charge in [0.2, 0.25) is 5.91 Å². The first-order valence-electron chi connectivity index (χ1n) is 9.39. The minimum atomic E-state index is -1.31. The molecular weight excluding hydrogens is 402 g/mol. The summed E-state index contributed by atoms with van der Waals surface area (Å²) in [6.07, 6.45) is 0. The lowest BCUT2D eigenvalue weighted by atomic mass is 9.87. The van der Waals surface area contributed by atoms with Gasteiger partial charge in [-0.1, -0.05) is 60.1 Å². The maximum atomic E-state index is 13.5. The van der Waals surface area contributed by atoms with E-state index in [1.807, 2.05) is 48.5 Å². The number of carbonyl (C=O) groups excluding carboxylic acids is 3. The van der Waals surface area contributed by atoms with Gasteiger partial charge in [-0.25, -0.2) is 4.79 Å². The van der Waals surface area contributed by atoms with E-state index in [0.717, 1.165) is 16.0 Å². The number of imide groups is 1. The number of nitrogens with one attached hydrogen (secondary N) is 2. The van der Waals surface area contributed by atoms with Gasteiger partial charge in [0, 0.05) is 10.7 Å². The molecule has 0 atom stereocenters. The number of amides is 4. The van der Waals surface area contributed by atoms with Crippen LogP contribution in [0.5, 0.6) is 0 Å². The van der Waals surface area contributed by atoms with Crippen molar-refractivity contribution in [2.24, 2.45) is 0 Å². The smallest absolute Gasteiger partial charge is 0.325 e. The second-order valence-corrected chi connectivity index (χ2v) is 7.65. The summed E-state index contributed by atoms with van der Waals surface area (Å²) in [5.74, 6) is -0.936. The highest BCUT2D eigenvalue weighted by Gasteiger charge is 2.58. The molecule has 0 bridgehead atoms. The van der Waals surface area contributed by atoms with Gasteiger partial charge in [-0.2, -0.15) is 0 Å². The van der Waals surface area contributed by atoms with Crippen LogP contribution in [0.4, 0.5) is 10.5 Å². The lowest BCUT2D eigenvalue weighted by Gasteiger charge is -2.24. The van der Waals surface area contributed by atoms with E-state index in [2.05, 4.69) is 10.6 Å². The van der Waals surface area contributed by atoms with Gasteiger partial charge in [0.15, 0.2) is 5.54 Å². The lowest BCUT2D eigenvalue weighted by Crippen LogP contribution is -2.44. The molecule has 30 heavy (non-hydrogen) atoms. The molecule has 6 nitrogen and oxygen atoms in total. The summed E-state index contributed by atoms with van der Waals surface area (Å²) in [6.45, 7) is -0.390. The highest BCUT2D eigenvalue weighted by atomic mass is 35.5. The normalized spacial score (nSPS) is 15.7. The van der Waals surface area contributed by atoms with Crippen molar-refractivity contribution in [3.8, 4) is 11.1 Å². The molecule has 1 aliphatic carbocycles. The molecule has 3 aromatic rings. The van der Waals surface area contributed by atoms with Crippen molar-refractivity contribution in [3.63, 3.8) is 0 Å². The number of halogens is 1. The van der Waals surface area contributed by atoms with Crippen LogP contribution in [0.25, 0.3) is 11.1 Å². The average Bonchev–Trinajstić information content (AvgIpc) is 3.17. The number of rotatable bonds is 3. The molecule has 1 heterocycles. The van der Waals surface area contributed by atoms with E-state index in [4.69, 9.17) is 11.6 Å². The molecular formula is C23H16ClN3O3. The Morgan fingerprint density at radius 2 is 1.47 bits per heavy atom. The van der Waals surface area contributed by atoms with Crippen LogP contribution in [0.3, 0.4) is 0 Å². The first-order valence-corrected chi connectivity index (χ1v) is 9.77. The van der Waals surface area contributed by atoms with Crippen molar-refractivity contribution >= 4 is 35.1 Å². The predicted octanol–water partition coefficient (Wildman–Crippen LogP) is 3.75. The number of hydrogen-bond acceptors (Lipinski definition) is 3. The third kappa shape index (κ3) is 2.61. The first-order chi connectivity index (χ1) is 14.5. The Balaban J connectivity index is 1.47. The monoisotopic (exact) mass is 417 g/mol. The molecule has 2 aliphatic rings. The third-order valence-electron chi connectivity index (χ3n) is 5.49. The molecule has 5 rings (SSSR count). The van der Waals surface area contributed by atoms with Gasteiger partial charge in [-0.05, 0) is 46.5 Å². The number of nitrogens with zero attached hydrogens (tertiary/aromatic N) is 1. The van der Waals surface area contributed by atoms with Crippen molar-refractivity contribution in [2.75, 3.05) is 11.9 Å². The fourth-order valence-corrected chi connectivity index (χ4v) is 4.32. The van der Waals surface area contributed by atoms with Crippen molar-refractivity contribution in [1.29, 1.82) is 0 Å². The zero-order chi connectivity index (χ0) is 20.9. The second kappa shape index (κ2) is 6.71. The molecule has 148 valence electrons. The number of carbonyl (C=O) groups is 3. The Morgan fingerprint density at radius 1 is 0.900 bits per heavy atom. The summed E-state index contributed by atoms with van der Waals surface area (Å²) in [4.78, 5) is 39.8. The van der Waals surface area contributed by atoms with Gasteiger partial charge >= 0.3 is 6.03 Å². The van der Waals surface area contributed by atoms with Crippen LogP contribution in [0.15, 0.2) is 72.8 Å². The van der Waals surface area contributed by atoms with Gasteiger partial charge in [0.25, 0.3) is 5.91 Å². The fraction of sp³-hybridized carbons (Fsp3) is 0.0870. The Morgan fingerprint density at radius 3 is 2.07 bits per heavy atom. The maximum Gasteiger partial charge on any atom is 0.326 e. The summed E-state index contributed by atoms with van der Waals surface area (Å²) in [5.41, 5.74) is 2.44. The molecule has 1 saturated heterocycles. The molecule has 0 aromatic heterocycles. The molecule has 0 unspecified atom stereocenters. The maximum absolute atomic E-state index is 13.5. The van der Waals surface area contributed by atoms with E-state index < -0.39 is 23.4 Å². The van der Waals surface area contributed by atoms with E-state index >= 15 is 0 Å². The minimum Gasteiger partial charge on any atom is -0.325 e. The van der Waals surface area contributed by atoms with E-state index in [1.54, 1.807) is 24.3 Å². The first kappa shape index (κ1) is 18.4. The summed E-state index contributed by atoms with van der Waals surface area (Å²) in [6, 6.07) is 21.0.